The summed E-state index contributed by atoms with van der Waals surface area (Å²) in [6, 6.07) is 9.81. The zero-order valence-corrected chi connectivity index (χ0v) is 13.1. The highest BCUT2D eigenvalue weighted by Crippen LogP contribution is 2.28. The van der Waals surface area contributed by atoms with Gasteiger partial charge >= 0.3 is 0 Å². The van der Waals surface area contributed by atoms with Crippen LogP contribution < -0.4 is 15.2 Å². The average molecular weight is 341 g/mol. The molecule has 6 nitrogen and oxygen atoms in total. The Morgan fingerprint density at radius 2 is 1.82 bits per heavy atom. The van der Waals surface area contributed by atoms with Crippen molar-refractivity contribution in [3.8, 4) is 5.75 Å². The number of methoxy groups -OCH3 is 1. The van der Waals surface area contributed by atoms with Crippen molar-refractivity contribution in [2.75, 3.05) is 11.8 Å². The topological polar surface area (TPSA) is 98.5 Å². The lowest BCUT2D eigenvalue weighted by Crippen LogP contribution is -2.14. The van der Waals surface area contributed by atoms with Gasteiger partial charge in [0.1, 0.15) is 5.75 Å². The van der Waals surface area contributed by atoms with Crippen LogP contribution in [0, 0.1) is 0 Å². The number of halogens is 1. The number of primary amides is 1. The van der Waals surface area contributed by atoms with Gasteiger partial charge in [-0.2, -0.15) is 0 Å². The van der Waals surface area contributed by atoms with E-state index in [9.17, 15) is 13.2 Å². The number of rotatable bonds is 5. The number of anilines is 1. The molecule has 2 rings (SSSR count). The summed E-state index contributed by atoms with van der Waals surface area (Å²) in [4.78, 5) is 11.0. The zero-order valence-electron chi connectivity index (χ0n) is 11.5. The maximum atomic E-state index is 12.2. The van der Waals surface area contributed by atoms with Crippen LogP contribution in [0.5, 0.6) is 5.75 Å². The second-order valence-corrected chi connectivity index (χ2v) is 6.43. The molecule has 0 saturated heterocycles. The third kappa shape index (κ3) is 3.49. The number of carbonyl (C=O) groups excluding carboxylic acids is 1. The summed E-state index contributed by atoms with van der Waals surface area (Å²) >= 11 is 5.95. The van der Waals surface area contributed by atoms with Crippen molar-refractivity contribution >= 4 is 33.2 Å². The highest BCUT2D eigenvalue weighted by molar-refractivity contribution is 7.92. The van der Waals surface area contributed by atoms with E-state index >= 15 is 0 Å². The molecular formula is C14H13ClN2O4S. The van der Waals surface area contributed by atoms with Crippen LogP contribution in [0.15, 0.2) is 47.4 Å². The molecule has 0 aromatic heterocycles. The van der Waals surface area contributed by atoms with E-state index in [1.165, 1.54) is 43.5 Å². The molecule has 8 heteroatoms. The number of hydrogen-bond donors (Lipinski definition) is 2. The molecule has 0 aliphatic heterocycles. The second-order valence-electron chi connectivity index (χ2n) is 4.34. The smallest absolute Gasteiger partial charge is 0.261 e. The van der Waals surface area contributed by atoms with Crippen molar-refractivity contribution < 1.29 is 17.9 Å². The fourth-order valence-electron chi connectivity index (χ4n) is 1.74. The predicted molar refractivity (Wildman–Crippen MR) is 83.8 cm³/mol. The van der Waals surface area contributed by atoms with Gasteiger partial charge in [-0.05, 0) is 42.5 Å². The lowest BCUT2D eigenvalue weighted by Gasteiger charge is -2.10. The third-order valence-electron chi connectivity index (χ3n) is 2.85. The van der Waals surface area contributed by atoms with Gasteiger partial charge in [-0.25, -0.2) is 8.42 Å². The van der Waals surface area contributed by atoms with E-state index in [2.05, 4.69) is 4.72 Å². The molecule has 0 radical (unpaired) electrons. The van der Waals surface area contributed by atoms with Gasteiger partial charge in [0.25, 0.3) is 10.0 Å². The van der Waals surface area contributed by atoms with Gasteiger partial charge in [0.15, 0.2) is 0 Å². The molecular weight excluding hydrogens is 328 g/mol. The highest BCUT2D eigenvalue weighted by Gasteiger charge is 2.15. The number of amides is 1. The molecule has 0 aliphatic carbocycles. The van der Waals surface area contributed by atoms with Crippen molar-refractivity contribution in [1.82, 2.24) is 0 Å². The molecule has 116 valence electrons. The fraction of sp³-hybridized carbons (Fsp3) is 0.0714. The lowest BCUT2D eigenvalue weighted by atomic mass is 10.2. The van der Waals surface area contributed by atoms with E-state index in [-0.39, 0.29) is 15.5 Å². The maximum Gasteiger partial charge on any atom is 0.261 e. The van der Waals surface area contributed by atoms with Crippen molar-refractivity contribution in [2.45, 2.75) is 4.90 Å². The molecule has 0 fully saturated rings. The van der Waals surface area contributed by atoms with Crippen LogP contribution in [0.25, 0.3) is 0 Å². The number of ether oxygens (including phenoxy) is 1. The summed E-state index contributed by atoms with van der Waals surface area (Å²) in [6.07, 6.45) is 0. The number of hydrogen-bond acceptors (Lipinski definition) is 4. The first-order valence-electron chi connectivity index (χ1n) is 6.10. The summed E-state index contributed by atoms with van der Waals surface area (Å²) in [5.41, 5.74) is 5.63. The molecule has 0 spiro atoms. The lowest BCUT2D eigenvalue weighted by molar-refractivity contribution is 0.1000. The molecule has 0 bridgehead atoms. The molecule has 1 amide bonds. The SMILES string of the molecule is COc1ccc(NS(=O)(=O)c2ccc(C(N)=O)cc2)cc1Cl. The van der Waals surface area contributed by atoms with E-state index in [1.54, 1.807) is 6.07 Å². The second kappa shape index (κ2) is 6.25. The predicted octanol–water partition coefficient (Wildman–Crippen LogP) is 2.25. The largest absolute Gasteiger partial charge is 0.495 e. The Hall–Kier alpha value is -2.25. The third-order valence-corrected chi connectivity index (χ3v) is 4.55. The van der Waals surface area contributed by atoms with Gasteiger partial charge in [-0.1, -0.05) is 11.6 Å². The van der Waals surface area contributed by atoms with Crippen molar-refractivity contribution in [3.05, 3.63) is 53.1 Å². The summed E-state index contributed by atoms with van der Waals surface area (Å²) in [6.45, 7) is 0. The van der Waals surface area contributed by atoms with Crippen LogP contribution in [0.2, 0.25) is 5.02 Å². The number of nitrogens with one attached hydrogen (secondary N) is 1. The summed E-state index contributed by atoms with van der Waals surface area (Å²) in [5.74, 6) is -0.186. The summed E-state index contributed by atoms with van der Waals surface area (Å²) in [7, 11) is -2.33. The Labute approximate surface area is 132 Å². The molecule has 22 heavy (non-hydrogen) atoms. The number of benzene rings is 2. The van der Waals surface area contributed by atoms with Crippen molar-refractivity contribution in [1.29, 1.82) is 0 Å². The molecule has 0 heterocycles. The standard InChI is InChI=1S/C14H13ClN2O4S/c1-21-13-7-4-10(8-12(13)15)17-22(19,20)11-5-2-9(3-6-11)14(16)18/h2-8,17H,1H3,(H2,16,18). The van der Waals surface area contributed by atoms with Crippen LogP contribution in [0.1, 0.15) is 10.4 Å². The number of nitrogens with two attached hydrogens (primary N) is 1. The van der Waals surface area contributed by atoms with Gasteiger partial charge in [-0.3, -0.25) is 9.52 Å². The minimum atomic E-state index is -3.79. The number of carbonyl (C=O) groups is 1. The van der Waals surface area contributed by atoms with E-state index < -0.39 is 15.9 Å². The van der Waals surface area contributed by atoms with Gasteiger partial charge < -0.3 is 10.5 Å². The Kier molecular flexibility index (Phi) is 4.58. The summed E-state index contributed by atoms with van der Waals surface area (Å²) in [5, 5.41) is 0.284. The van der Waals surface area contributed by atoms with Gasteiger partial charge in [-0.15, -0.1) is 0 Å². The van der Waals surface area contributed by atoms with Crippen LogP contribution in [-0.2, 0) is 10.0 Å². The van der Waals surface area contributed by atoms with E-state index in [0.717, 1.165) is 0 Å². The monoisotopic (exact) mass is 340 g/mol. The average Bonchev–Trinajstić information content (AvgIpc) is 2.47. The van der Waals surface area contributed by atoms with Crippen LogP contribution in [0.4, 0.5) is 5.69 Å². The Balaban J connectivity index is 2.27. The quantitative estimate of drug-likeness (QED) is 0.872. The molecule has 0 saturated carbocycles. The van der Waals surface area contributed by atoms with Crippen molar-refractivity contribution in [3.63, 3.8) is 0 Å². The zero-order chi connectivity index (χ0) is 16.3. The van der Waals surface area contributed by atoms with Crippen LogP contribution >= 0.6 is 11.6 Å². The van der Waals surface area contributed by atoms with Gasteiger partial charge in [0.2, 0.25) is 5.91 Å². The Bertz CT molecular complexity index is 804. The maximum absolute atomic E-state index is 12.2. The normalized spacial score (nSPS) is 11.0. The molecule has 2 aromatic rings. The molecule has 3 N–H and O–H groups in total. The van der Waals surface area contributed by atoms with Crippen LogP contribution in [-0.4, -0.2) is 21.4 Å². The first-order chi connectivity index (χ1) is 10.3. The highest BCUT2D eigenvalue weighted by atomic mass is 35.5. The first-order valence-corrected chi connectivity index (χ1v) is 7.96. The van der Waals surface area contributed by atoms with Gasteiger partial charge in [0, 0.05) is 5.56 Å². The minimum Gasteiger partial charge on any atom is -0.495 e. The summed E-state index contributed by atoms with van der Waals surface area (Å²) < 4.78 is 31.9. The Morgan fingerprint density at radius 1 is 1.18 bits per heavy atom. The minimum absolute atomic E-state index is 0.00411. The Morgan fingerprint density at radius 3 is 2.32 bits per heavy atom. The van der Waals surface area contributed by atoms with Gasteiger partial charge in [0.05, 0.1) is 22.7 Å². The van der Waals surface area contributed by atoms with Crippen LogP contribution in [0.3, 0.4) is 0 Å². The van der Waals surface area contributed by atoms with E-state index in [4.69, 9.17) is 22.1 Å². The van der Waals surface area contributed by atoms with E-state index in [0.29, 0.717) is 11.4 Å². The van der Waals surface area contributed by atoms with Crippen molar-refractivity contribution in [2.24, 2.45) is 5.73 Å². The molecule has 0 aliphatic rings. The molecule has 0 unspecified atom stereocenters. The van der Waals surface area contributed by atoms with E-state index in [1.807, 2.05) is 0 Å². The fourth-order valence-corrected chi connectivity index (χ4v) is 3.05. The first kappa shape index (κ1) is 16.1. The number of sulfonamides is 1. The molecule has 2 aromatic carbocycles. The molecule has 0 atom stereocenters.